The summed E-state index contributed by atoms with van der Waals surface area (Å²) in [7, 11) is -4.67. The van der Waals surface area contributed by atoms with Gasteiger partial charge in [-0.3, -0.25) is 53.8 Å². The Kier molecular flexibility index (Phi) is 39.7. The van der Waals surface area contributed by atoms with E-state index in [4.69, 9.17) is 56.8 Å². The maximum atomic E-state index is 11.8. The van der Waals surface area contributed by atoms with Crippen LogP contribution in [0.15, 0.2) is 326 Å². The number of nitro groups is 3. The second-order valence-electron chi connectivity index (χ2n) is 26.5. The van der Waals surface area contributed by atoms with Crippen LogP contribution >= 0.6 is 11.6 Å². The zero-order chi connectivity index (χ0) is 91.3. The van der Waals surface area contributed by atoms with E-state index >= 15 is 0 Å². The number of oxime groups is 1. The summed E-state index contributed by atoms with van der Waals surface area (Å²) >= 11 is 5.49. The number of nitro benzene ring substituents is 3. The number of aldehydes is 1. The number of hydrogen-bond acceptors (Lipinski definition) is 24. The van der Waals surface area contributed by atoms with Gasteiger partial charge in [-0.1, -0.05) is 261 Å². The molecule has 1 aliphatic carbocycles. The summed E-state index contributed by atoms with van der Waals surface area (Å²) in [5.41, 5.74) is 31.0. The first-order chi connectivity index (χ1) is 61.3. The summed E-state index contributed by atoms with van der Waals surface area (Å²) in [6, 6.07) is 88.6. The van der Waals surface area contributed by atoms with Crippen molar-refractivity contribution in [3.8, 4) is 57.4 Å². The van der Waals surface area contributed by atoms with E-state index < -0.39 is 25.2 Å². The standard InChI is InChI=1S/C18H16N4O2.C18H13N3O2.C15H12N4O2.C15H14N4.C8H6.C7H6ClNO2.C7H6N4O2.C2H4O.H2O4S.H2O/c23-17(11-19-24)10-14-6-8-15(9-7-14)12-22-13-18(20-21-22)16-4-2-1-3-5-16;22-17-9-14-7-6-12(8-15(14)18(17)23)10-21-11-16(19-20-21)13-4-2-1-3-5-13;20-19(21)14-8-6-12(7-9-14)10-18-11-15(16-17-18)13-4-2-1-3-5-13;16-14-8-6-12(7-9-14)10-19-11-15(17-18-19)13-4-2-1-3-5-13;1-2-8-6-4-3-5-7-8;8-5-6-1-3-7(4-2-6)9(10)11;8-10-9-5-6-1-3-7(4-2-6)11(12)13;1-2-3;1-5(2,3)4;/h1-9,11,13,24H,10,12H2;1-8,11H,9-10H2;1-9,11H,10H2;1-9,11H,10,16H2;1,3-7H;1-4H,5H2;1-4H,5H2;2H,1H3;(H2,1,2,3,4);1H2/b19-11+;;;;;;;;;. The summed E-state index contributed by atoms with van der Waals surface area (Å²) in [6.07, 6.45) is 14.8. The monoisotopic (exact) mass is 1760 g/mol. The Bertz CT molecular complexity index is 6300. The summed E-state index contributed by atoms with van der Waals surface area (Å²) in [4.78, 5) is 75.8. The third kappa shape index (κ3) is 34.2. The molecule has 4 heterocycles. The highest BCUT2D eigenvalue weighted by Gasteiger charge is 2.28. The number of carbonyl (C=O) groups is 4. The number of Topliss-reactive ketones (excluding diaryl/α,β-unsaturated/α-hetero) is 3. The van der Waals surface area contributed by atoms with Gasteiger partial charge in [0.15, 0.2) is 5.78 Å². The highest BCUT2D eigenvalue weighted by molar-refractivity contribution is 7.79. The molecule has 1 aliphatic rings. The second kappa shape index (κ2) is 51.8. The lowest BCUT2D eigenvalue weighted by Gasteiger charge is -2.03. The molecule has 0 atom stereocenters. The number of halogens is 1. The molecule has 0 fully saturated rings. The van der Waals surface area contributed by atoms with Crippen LogP contribution in [0.3, 0.4) is 0 Å². The van der Waals surface area contributed by atoms with E-state index in [1.165, 1.54) is 43.3 Å². The Labute approximate surface area is 736 Å². The SMILES string of the molecule is C#Cc1ccccc1.CC=O.Nc1ccc(Cn2cc(-c3ccccc3)nn2)cc1.O.O=C(/C=N/O)Cc1ccc(Cn2cc(-c3ccccc3)nn2)cc1.O=C1Cc2ccc(Cn3cc(-c4ccccc4)nn3)cc2C1=O.O=S(=O)(O)O.O=[N+]([O-])c1ccc(CCl)cc1.O=[N+]([O-])c1ccc(Cn2cc(-c3ccccc3)nn2)cc1.[N-]=[N+]=NCc1ccc([N+](=O)[O-])cc1. The lowest BCUT2D eigenvalue weighted by molar-refractivity contribution is -0.385. The van der Waals surface area contributed by atoms with Crippen molar-refractivity contribution in [1.29, 1.82) is 0 Å². The van der Waals surface area contributed by atoms with Crippen molar-refractivity contribution in [1.82, 2.24) is 60.0 Å². The Balaban J connectivity index is 0.000000206. The second-order valence-corrected chi connectivity index (χ2v) is 27.7. The Morgan fingerprint density at radius 3 is 1.14 bits per heavy atom. The van der Waals surface area contributed by atoms with Crippen molar-refractivity contribution in [2.45, 2.75) is 58.4 Å². The smallest absolute Gasteiger partial charge is 0.394 e. The van der Waals surface area contributed by atoms with Crippen molar-refractivity contribution in [3.05, 3.63) is 412 Å². The molecule has 0 saturated heterocycles. The van der Waals surface area contributed by atoms with Gasteiger partial charge in [0.1, 0.15) is 35.3 Å². The normalized spacial score (nSPS) is 10.5. The third-order valence-corrected chi connectivity index (χ3v) is 17.6. The van der Waals surface area contributed by atoms with Gasteiger partial charge < -0.3 is 21.2 Å². The van der Waals surface area contributed by atoms with E-state index in [9.17, 15) is 44.7 Å². The average molecular weight is 1770 g/mol. The summed E-state index contributed by atoms with van der Waals surface area (Å²) < 4.78 is 38.6. The molecule has 0 spiro atoms. The van der Waals surface area contributed by atoms with Gasteiger partial charge in [-0.15, -0.1) is 38.4 Å². The number of rotatable bonds is 21. The number of alkyl halides is 1. The molecule has 38 heteroatoms. The first-order valence-corrected chi connectivity index (χ1v) is 39.8. The molecular formula is C90H81ClN20O16S. The largest absolute Gasteiger partial charge is 0.412 e. The molecule has 0 unspecified atom stereocenters. The number of nitrogens with zero attached hydrogens (tertiary/aromatic N) is 19. The van der Waals surface area contributed by atoms with Gasteiger partial charge in [0.2, 0.25) is 11.6 Å². The number of nitrogens with two attached hydrogens (primary N) is 1. The number of hydrogen-bond donors (Lipinski definition) is 4. The van der Waals surface area contributed by atoms with Crippen LogP contribution < -0.4 is 5.73 Å². The molecule has 11 aromatic carbocycles. The van der Waals surface area contributed by atoms with E-state index in [0.29, 0.717) is 37.6 Å². The fourth-order valence-electron chi connectivity index (χ4n) is 11.2. The summed E-state index contributed by atoms with van der Waals surface area (Å²) in [5.74, 6) is 1.96. The van der Waals surface area contributed by atoms with Crippen LogP contribution in [0.2, 0.25) is 0 Å². The fraction of sp³-hybridized carbons (Fsp3) is 0.100. The lowest BCUT2D eigenvalue weighted by atomic mass is 10.1. The van der Waals surface area contributed by atoms with Gasteiger partial charge in [0.05, 0.1) is 72.3 Å². The van der Waals surface area contributed by atoms with E-state index in [0.717, 1.165) is 113 Å². The molecule has 0 radical (unpaired) electrons. The van der Waals surface area contributed by atoms with Crippen LogP contribution in [-0.2, 0) is 76.2 Å². The molecule has 0 amide bonds. The Hall–Kier alpha value is -16.9. The first kappa shape index (κ1) is 98.2. The average Bonchev–Trinajstić information content (AvgIpc) is 1.74. The first-order valence-electron chi connectivity index (χ1n) is 37.8. The van der Waals surface area contributed by atoms with Gasteiger partial charge in [-0.25, -0.2) is 18.7 Å². The molecule has 15 aromatic rings. The van der Waals surface area contributed by atoms with Gasteiger partial charge in [-0.2, -0.15) is 8.42 Å². The number of non-ortho nitro benzene ring substituents is 3. The van der Waals surface area contributed by atoms with Crippen molar-refractivity contribution < 1.29 is 62.2 Å². The fourth-order valence-corrected chi connectivity index (χ4v) is 11.4. The molecule has 7 N–H and O–H groups in total. The Morgan fingerprint density at radius 1 is 0.516 bits per heavy atom. The zero-order valence-corrected chi connectivity index (χ0v) is 69.6. The number of benzene rings is 11. The summed E-state index contributed by atoms with van der Waals surface area (Å²) in [5, 5.41) is 78.6. The van der Waals surface area contributed by atoms with Crippen molar-refractivity contribution in [3.63, 3.8) is 0 Å². The highest BCUT2D eigenvalue weighted by atomic mass is 35.5. The van der Waals surface area contributed by atoms with Gasteiger partial charge in [0.25, 0.3) is 17.1 Å². The van der Waals surface area contributed by atoms with Crippen molar-refractivity contribution >= 4 is 74.6 Å². The number of nitrogen functional groups attached to an aromatic ring is 1. The number of terminal acetylenes is 1. The van der Waals surface area contributed by atoms with Crippen molar-refractivity contribution in [2.75, 3.05) is 5.73 Å². The minimum Gasteiger partial charge on any atom is -0.412 e. The van der Waals surface area contributed by atoms with Crippen LogP contribution in [0.25, 0.3) is 55.5 Å². The van der Waals surface area contributed by atoms with E-state index in [1.54, 1.807) is 56.5 Å². The molecule has 0 saturated carbocycles. The van der Waals surface area contributed by atoms with Gasteiger partial charge >= 0.3 is 10.4 Å². The predicted octanol–water partition coefficient (Wildman–Crippen LogP) is 15.5. The number of ketones is 3. The van der Waals surface area contributed by atoms with E-state index in [1.807, 2.05) is 242 Å². The molecule has 128 heavy (non-hydrogen) atoms. The van der Waals surface area contributed by atoms with Crippen LogP contribution in [0.5, 0.6) is 0 Å². The molecule has 36 nitrogen and oxygen atoms in total. The minimum absolute atomic E-state index is 0. The number of fused-ring (bicyclic) bond motifs is 1. The maximum absolute atomic E-state index is 11.8. The van der Waals surface area contributed by atoms with Crippen LogP contribution in [0, 0.1) is 42.7 Å². The molecule has 16 rings (SSSR count). The number of azide groups is 1. The topological polar surface area (TPSA) is 534 Å². The number of anilines is 1. The minimum atomic E-state index is -4.67. The molecule has 650 valence electrons. The third-order valence-electron chi connectivity index (χ3n) is 17.3. The van der Waals surface area contributed by atoms with Crippen LogP contribution in [0.4, 0.5) is 22.7 Å². The summed E-state index contributed by atoms with van der Waals surface area (Å²) in [6.45, 7) is 3.99. The maximum Gasteiger partial charge on any atom is 0.394 e. The predicted molar refractivity (Wildman–Crippen MR) is 480 cm³/mol. The molecule has 0 aliphatic heterocycles. The zero-order valence-electron chi connectivity index (χ0n) is 68.0. The van der Waals surface area contributed by atoms with E-state index in [-0.39, 0.29) is 59.3 Å². The van der Waals surface area contributed by atoms with Crippen molar-refractivity contribution in [2.24, 2.45) is 10.3 Å². The molecular weight excluding hydrogens is 1680 g/mol. The highest BCUT2D eigenvalue weighted by Crippen LogP contribution is 2.25. The molecule has 4 aromatic heterocycles. The molecule has 0 bridgehead atoms. The quantitative estimate of drug-likeness (QED) is 0.00414. The van der Waals surface area contributed by atoms with Gasteiger partial charge in [0, 0.05) is 99.1 Å². The number of aromatic nitrogens is 12. The van der Waals surface area contributed by atoms with Crippen LogP contribution in [-0.4, -0.2) is 133 Å². The van der Waals surface area contributed by atoms with Crippen LogP contribution in [0.1, 0.15) is 67.4 Å². The van der Waals surface area contributed by atoms with Gasteiger partial charge in [-0.05, 0) is 87.3 Å². The van der Waals surface area contributed by atoms with E-state index in [2.05, 4.69) is 62.4 Å². The Morgan fingerprint density at radius 2 is 0.820 bits per heavy atom. The lowest BCUT2D eigenvalue weighted by Crippen LogP contribution is -2.06. The number of carbonyl (C=O) groups excluding carboxylic acids is 4.